The van der Waals surface area contributed by atoms with Crippen LogP contribution in [0.3, 0.4) is 0 Å². The number of benzene rings is 1. The monoisotopic (exact) mass is 483 g/mol. The Morgan fingerprint density at radius 1 is 1.09 bits per heavy atom. The van der Waals surface area contributed by atoms with Crippen molar-refractivity contribution in [2.75, 3.05) is 45.9 Å². The van der Waals surface area contributed by atoms with Crippen molar-refractivity contribution in [2.24, 2.45) is 11.8 Å². The van der Waals surface area contributed by atoms with Crippen molar-refractivity contribution in [1.29, 1.82) is 0 Å². The van der Waals surface area contributed by atoms with Crippen LogP contribution in [-0.4, -0.2) is 73.8 Å². The number of carbonyl (C=O) groups excluding carboxylic acids is 2. The van der Waals surface area contributed by atoms with Crippen molar-refractivity contribution < 1.29 is 19.1 Å². The number of hydrogen-bond donors (Lipinski definition) is 1. The number of fused-ring (bicyclic) bond motifs is 1. The highest BCUT2D eigenvalue weighted by atomic mass is 32.1. The van der Waals surface area contributed by atoms with Gasteiger partial charge in [0, 0.05) is 44.0 Å². The van der Waals surface area contributed by atoms with Crippen LogP contribution in [0, 0.1) is 11.8 Å². The van der Waals surface area contributed by atoms with Crippen LogP contribution in [0.2, 0.25) is 0 Å². The lowest BCUT2D eigenvalue weighted by atomic mass is 10.0. The predicted octanol–water partition coefficient (Wildman–Crippen LogP) is 3.33. The molecule has 1 aromatic carbocycles. The largest absolute Gasteiger partial charge is 0.444 e. The van der Waals surface area contributed by atoms with Gasteiger partial charge < -0.3 is 24.6 Å². The SMILES string of the molecule is O=C(NC(CCN1CC2CN(C(=O)Cc3cccs3)C[C@@H]2C1)c1ccccc1)OC1CCOC1. The van der Waals surface area contributed by atoms with Gasteiger partial charge in [0.1, 0.15) is 6.10 Å². The minimum absolute atomic E-state index is 0.0969. The zero-order valence-corrected chi connectivity index (χ0v) is 20.3. The fourth-order valence-electron chi connectivity index (χ4n) is 5.40. The Balaban J connectivity index is 1.11. The number of nitrogens with one attached hydrogen (secondary N) is 1. The topological polar surface area (TPSA) is 71.1 Å². The standard InChI is InChI=1S/C26H33N3O4S/c30-25(13-23-7-4-12-34-23)29-16-20-14-28(15-21(20)17-29)10-8-24(19-5-2-1-3-6-19)27-26(31)33-22-9-11-32-18-22/h1-7,12,20-22,24H,8-11,13-18H2,(H,27,31)/t20-,21?,22?,24?/m0/s1. The Morgan fingerprint density at radius 2 is 1.88 bits per heavy atom. The van der Waals surface area contributed by atoms with Gasteiger partial charge in [-0.3, -0.25) is 4.79 Å². The average Bonchev–Trinajstić information content (AvgIpc) is 3.62. The molecule has 0 saturated carbocycles. The van der Waals surface area contributed by atoms with Gasteiger partial charge in [0.2, 0.25) is 5.91 Å². The molecule has 34 heavy (non-hydrogen) atoms. The highest BCUT2D eigenvalue weighted by molar-refractivity contribution is 7.10. The summed E-state index contributed by atoms with van der Waals surface area (Å²) in [5.41, 5.74) is 1.09. The van der Waals surface area contributed by atoms with E-state index < -0.39 is 0 Å². The molecule has 0 aliphatic carbocycles. The second-order valence-corrected chi connectivity index (χ2v) is 10.7. The van der Waals surface area contributed by atoms with Crippen LogP contribution >= 0.6 is 11.3 Å². The van der Waals surface area contributed by atoms with Gasteiger partial charge in [0.25, 0.3) is 0 Å². The predicted molar refractivity (Wildman–Crippen MR) is 131 cm³/mol. The number of thiophene rings is 1. The summed E-state index contributed by atoms with van der Waals surface area (Å²) >= 11 is 1.65. The number of nitrogens with zero attached hydrogens (tertiary/aromatic N) is 2. The molecule has 1 N–H and O–H groups in total. The van der Waals surface area contributed by atoms with Crippen molar-refractivity contribution in [2.45, 2.75) is 31.4 Å². The van der Waals surface area contributed by atoms with Gasteiger partial charge in [0.05, 0.1) is 25.7 Å². The maximum atomic E-state index is 12.7. The molecule has 7 nitrogen and oxygen atoms in total. The highest BCUT2D eigenvalue weighted by Crippen LogP contribution is 2.32. The molecule has 3 fully saturated rings. The van der Waals surface area contributed by atoms with E-state index in [9.17, 15) is 9.59 Å². The van der Waals surface area contributed by atoms with E-state index in [1.165, 1.54) is 0 Å². The van der Waals surface area contributed by atoms with Crippen molar-refractivity contribution in [1.82, 2.24) is 15.1 Å². The molecule has 182 valence electrons. The van der Waals surface area contributed by atoms with E-state index in [0.29, 0.717) is 31.5 Å². The van der Waals surface area contributed by atoms with Crippen molar-refractivity contribution in [3.63, 3.8) is 0 Å². The molecule has 5 rings (SSSR count). The van der Waals surface area contributed by atoms with Gasteiger partial charge in [-0.25, -0.2) is 4.79 Å². The number of alkyl carbamates (subject to hydrolysis) is 1. The first-order valence-electron chi connectivity index (χ1n) is 12.3. The van der Waals surface area contributed by atoms with Crippen molar-refractivity contribution in [3.05, 3.63) is 58.3 Å². The van der Waals surface area contributed by atoms with Crippen LogP contribution in [0.4, 0.5) is 4.79 Å². The molecule has 0 bridgehead atoms. The molecule has 1 aromatic heterocycles. The quantitative estimate of drug-likeness (QED) is 0.624. The van der Waals surface area contributed by atoms with Gasteiger partial charge in [0.15, 0.2) is 0 Å². The van der Waals surface area contributed by atoms with Gasteiger partial charge in [-0.15, -0.1) is 11.3 Å². The van der Waals surface area contributed by atoms with Gasteiger partial charge in [-0.05, 0) is 35.3 Å². The van der Waals surface area contributed by atoms with Gasteiger partial charge >= 0.3 is 6.09 Å². The lowest BCUT2D eigenvalue weighted by molar-refractivity contribution is -0.129. The van der Waals surface area contributed by atoms with E-state index in [1.54, 1.807) is 11.3 Å². The van der Waals surface area contributed by atoms with Crippen LogP contribution in [0.1, 0.15) is 29.3 Å². The number of amides is 2. The average molecular weight is 484 g/mol. The van der Waals surface area contributed by atoms with Crippen LogP contribution in [0.25, 0.3) is 0 Å². The number of carbonyl (C=O) groups is 2. The maximum Gasteiger partial charge on any atom is 0.407 e. The second kappa shape index (κ2) is 10.9. The number of rotatable bonds is 8. The molecule has 0 spiro atoms. The first kappa shape index (κ1) is 23.3. The zero-order chi connectivity index (χ0) is 23.3. The Bertz CT molecular complexity index is 934. The Kier molecular flexibility index (Phi) is 7.47. The molecule has 3 saturated heterocycles. The van der Waals surface area contributed by atoms with Crippen LogP contribution in [0.15, 0.2) is 47.8 Å². The lowest BCUT2D eigenvalue weighted by Gasteiger charge is -2.25. The van der Waals surface area contributed by atoms with Gasteiger partial charge in [-0.1, -0.05) is 36.4 Å². The molecule has 4 heterocycles. The minimum Gasteiger partial charge on any atom is -0.444 e. The molecule has 3 unspecified atom stereocenters. The normalized spacial score (nSPS) is 25.3. The molecule has 3 aliphatic heterocycles. The van der Waals surface area contributed by atoms with Crippen LogP contribution in [0.5, 0.6) is 0 Å². The lowest BCUT2D eigenvalue weighted by Crippen LogP contribution is -2.36. The fraction of sp³-hybridized carbons (Fsp3) is 0.538. The summed E-state index contributed by atoms with van der Waals surface area (Å²) < 4.78 is 10.9. The molecule has 4 atom stereocenters. The number of ether oxygens (including phenoxy) is 2. The van der Waals surface area contributed by atoms with E-state index in [2.05, 4.69) is 27.2 Å². The Hall–Kier alpha value is -2.42. The third-order valence-electron chi connectivity index (χ3n) is 7.21. The molecule has 8 heteroatoms. The molecular weight excluding hydrogens is 450 g/mol. The first-order valence-corrected chi connectivity index (χ1v) is 13.1. The van der Waals surface area contributed by atoms with E-state index in [1.807, 2.05) is 35.7 Å². The number of hydrogen-bond acceptors (Lipinski definition) is 6. The summed E-state index contributed by atoms with van der Waals surface area (Å²) in [7, 11) is 0. The van der Waals surface area contributed by atoms with Crippen molar-refractivity contribution in [3.8, 4) is 0 Å². The maximum absolute atomic E-state index is 12.7. The summed E-state index contributed by atoms with van der Waals surface area (Å²) in [4.78, 5) is 30.9. The van der Waals surface area contributed by atoms with Crippen LogP contribution in [-0.2, 0) is 20.7 Å². The third-order valence-corrected chi connectivity index (χ3v) is 8.09. The fourth-order valence-corrected chi connectivity index (χ4v) is 6.10. The van der Waals surface area contributed by atoms with E-state index >= 15 is 0 Å². The smallest absolute Gasteiger partial charge is 0.407 e. The van der Waals surface area contributed by atoms with E-state index in [4.69, 9.17) is 9.47 Å². The van der Waals surface area contributed by atoms with Crippen molar-refractivity contribution >= 4 is 23.3 Å². The Morgan fingerprint density at radius 3 is 2.56 bits per heavy atom. The highest BCUT2D eigenvalue weighted by Gasteiger charge is 2.41. The Labute approximate surface area is 205 Å². The number of likely N-dealkylation sites (tertiary alicyclic amines) is 2. The first-order chi connectivity index (χ1) is 16.6. The van der Waals surface area contributed by atoms with E-state index in [-0.39, 0.29) is 24.1 Å². The summed E-state index contributed by atoms with van der Waals surface area (Å²) in [5.74, 6) is 1.34. The molecule has 2 aromatic rings. The molecule has 2 amide bonds. The molecular formula is C26H33N3O4S. The molecule has 0 radical (unpaired) electrons. The zero-order valence-electron chi connectivity index (χ0n) is 19.4. The summed E-state index contributed by atoms with van der Waals surface area (Å²) in [6.45, 7) is 5.78. The summed E-state index contributed by atoms with van der Waals surface area (Å²) in [5, 5.41) is 5.11. The van der Waals surface area contributed by atoms with Gasteiger partial charge in [-0.2, -0.15) is 0 Å². The second-order valence-electron chi connectivity index (χ2n) is 9.62. The summed E-state index contributed by atoms with van der Waals surface area (Å²) in [6.07, 6.45) is 1.57. The van der Waals surface area contributed by atoms with Crippen LogP contribution < -0.4 is 5.32 Å². The third kappa shape index (κ3) is 5.79. The molecule has 3 aliphatic rings. The van der Waals surface area contributed by atoms with E-state index in [0.717, 1.165) is 56.0 Å². The summed E-state index contributed by atoms with van der Waals surface area (Å²) in [6, 6.07) is 14.0. The minimum atomic E-state index is -0.373.